The Balaban J connectivity index is 2.49. The first kappa shape index (κ1) is 14.4. The summed E-state index contributed by atoms with van der Waals surface area (Å²) in [6.45, 7) is 7.94. The zero-order chi connectivity index (χ0) is 13.5. The van der Waals surface area contributed by atoms with Gasteiger partial charge in [0.15, 0.2) is 0 Å². The summed E-state index contributed by atoms with van der Waals surface area (Å²) >= 11 is 0. The van der Waals surface area contributed by atoms with E-state index in [-0.39, 0.29) is 0 Å². The molecule has 0 radical (unpaired) electrons. The molecule has 5 nitrogen and oxygen atoms in total. The minimum atomic E-state index is 0.403. The lowest BCUT2D eigenvalue weighted by molar-refractivity contribution is 0.261. The first-order valence-electron chi connectivity index (χ1n) is 6.26. The summed E-state index contributed by atoms with van der Waals surface area (Å²) in [5, 5.41) is 12.0. The number of aromatic nitrogens is 2. The quantitative estimate of drug-likeness (QED) is 0.830. The van der Waals surface area contributed by atoms with Gasteiger partial charge in [0.1, 0.15) is 11.8 Å². The summed E-state index contributed by atoms with van der Waals surface area (Å²) in [6.07, 6.45) is 1.13. The predicted molar refractivity (Wildman–Crippen MR) is 72.4 cm³/mol. The minimum absolute atomic E-state index is 0.403. The molecule has 1 aromatic heterocycles. The fourth-order valence-electron chi connectivity index (χ4n) is 1.58. The molecule has 1 unspecified atom stereocenters. The highest BCUT2D eigenvalue weighted by molar-refractivity contribution is 5.32. The Bertz CT molecular complexity index is 424. The molecule has 0 saturated heterocycles. The maximum atomic E-state index is 8.83. The number of aryl methyl sites for hydroxylation is 1. The molecule has 1 atom stereocenters. The standard InChI is InChI=1S/C13H21N5/c1-5-11(3)18(4)7-6-15-13-16-10(2)8-12(9-14)17-13/h8,11H,5-7H2,1-4H3,(H,15,16,17). The number of nitriles is 1. The highest BCUT2D eigenvalue weighted by Gasteiger charge is 2.06. The van der Waals surface area contributed by atoms with Gasteiger partial charge in [-0.25, -0.2) is 9.97 Å². The van der Waals surface area contributed by atoms with Gasteiger partial charge in [-0.15, -0.1) is 0 Å². The molecular weight excluding hydrogens is 226 g/mol. The Hall–Kier alpha value is -1.67. The lowest BCUT2D eigenvalue weighted by Gasteiger charge is -2.23. The van der Waals surface area contributed by atoms with Crippen molar-refractivity contribution in [2.45, 2.75) is 33.2 Å². The van der Waals surface area contributed by atoms with E-state index in [0.717, 1.165) is 25.2 Å². The van der Waals surface area contributed by atoms with Gasteiger partial charge in [0.2, 0.25) is 5.95 Å². The molecule has 0 aliphatic rings. The molecule has 5 heteroatoms. The van der Waals surface area contributed by atoms with Gasteiger partial charge in [0, 0.05) is 24.8 Å². The van der Waals surface area contributed by atoms with E-state index in [0.29, 0.717) is 17.7 Å². The van der Waals surface area contributed by atoms with Gasteiger partial charge in [0.05, 0.1) is 0 Å². The van der Waals surface area contributed by atoms with E-state index in [2.05, 4.69) is 41.1 Å². The number of nitrogens with one attached hydrogen (secondary N) is 1. The van der Waals surface area contributed by atoms with E-state index in [4.69, 9.17) is 5.26 Å². The summed E-state index contributed by atoms with van der Waals surface area (Å²) < 4.78 is 0. The molecule has 98 valence electrons. The molecule has 18 heavy (non-hydrogen) atoms. The zero-order valence-electron chi connectivity index (χ0n) is 11.6. The van der Waals surface area contributed by atoms with E-state index in [9.17, 15) is 0 Å². The maximum absolute atomic E-state index is 8.83. The van der Waals surface area contributed by atoms with Gasteiger partial charge < -0.3 is 10.2 Å². The molecule has 0 saturated carbocycles. The van der Waals surface area contributed by atoms with Crippen molar-refractivity contribution in [2.24, 2.45) is 0 Å². The summed E-state index contributed by atoms with van der Waals surface area (Å²) in [7, 11) is 2.10. The van der Waals surface area contributed by atoms with Crippen LogP contribution in [0.1, 0.15) is 31.7 Å². The van der Waals surface area contributed by atoms with Crippen LogP contribution in [0, 0.1) is 18.3 Å². The summed E-state index contributed by atoms with van der Waals surface area (Å²) in [4.78, 5) is 10.6. The van der Waals surface area contributed by atoms with E-state index in [1.54, 1.807) is 6.07 Å². The van der Waals surface area contributed by atoms with Crippen molar-refractivity contribution < 1.29 is 0 Å². The number of hydrogen-bond donors (Lipinski definition) is 1. The molecule has 0 amide bonds. The monoisotopic (exact) mass is 247 g/mol. The van der Waals surface area contributed by atoms with Crippen molar-refractivity contribution in [3.63, 3.8) is 0 Å². The fourth-order valence-corrected chi connectivity index (χ4v) is 1.58. The molecule has 0 bridgehead atoms. The van der Waals surface area contributed by atoms with Crippen molar-refractivity contribution in [1.82, 2.24) is 14.9 Å². The Kier molecular flexibility index (Phi) is 5.53. The number of nitrogens with zero attached hydrogens (tertiary/aromatic N) is 4. The van der Waals surface area contributed by atoms with Crippen molar-refractivity contribution in [1.29, 1.82) is 5.26 Å². The highest BCUT2D eigenvalue weighted by Crippen LogP contribution is 2.04. The smallest absolute Gasteiger partial charge is 0.224 e. The second-order valence-electron chi connectivity index (χ2n) is 4.49. The molecule has 0 fully saturated rings. The van der Waals surface area contributed by atoms with Gasteiger partial charge in [-0.3, -0.25) is 0 Å². The predicted octanol–water partition coefficient (Wildman–Crippen LogP) is 1.80. The molecule has 0 spiro atoms. The molecule has 1 N–H and O–H groups in total. The van der Waals surface area contributed by atoms with Crippen LogP contribution >= 0.6 is 0 Å². The number of hydrogen-bond acceptors (Lipinski definition) is 5. The lowest BCUT2D eigenvalue weighted by Crippen LogP contribution is -2.32. The number of anilines is 1. The molecule has 1 aromatic rings. The Morgan fingerprint density at radius 2 is 2.22 bits per heavy atom. The van der Waals surface area contributed by atoms with Crippen molar-refractivity contribution in [3.05, 3.63) is 17.5 Å². The van der Waals surface area contributed by atoms with E-state index >= 15 is 0 Å². The number of likely N-dealkylation sites (N-methyl/N-ethyl adjacent to an activating group) is 1. The van der Waals surface area contributed by atoms with Gasteiger partial charge in [-0.1, -0.05) is 6.92 Å². The second-order valence-corrected chi connectivity index (χ2v) is 4.49. The third-order valence-corrected chi connectivity index (χ3v) is 3.06. The molecule has 1 heterocycles. The average Bonchev–Trinajstić information content (AvgIpc) is 2.36. The molecular formula is C13H21N5. The maximum Gasteiger partial charge on any atom is 0.224 e. The first-order valence-corrected chi connectivity index (χ1v) is 6.26. The Morgan fingerprint density at radius 3 is 2.83 bits per heavy atom. The summed E-state index contributed by atoms with van der Waals surface area (Å²) in [6, 6.07) is 4.28. The van der Waals surface area contributed by atoms with E-state index in [1.807, 2.05) is 13.0 Å². The van der Waals surface area contributed by atoms with Crippen LogP contribution in [0.2, 0.25) is 0 Å². The van der Waals surface area contributed by atoms with Gasteiger partial charge in [-0.05, 0) is 33.4 Å². The minimum Gasteiger partial charge on any atom is -0.353 e. The normalized spacial score (nSPS) is 12.2. The van der Waals surface area contributed by atoms with Crippen molar-refractivity contribution in [2.75, 3.05) is 25.5 Å². The molecule has 0 aliphatic heterocycles. The first-order chi connectivity index (χ1) is 8.56. The Labute approximate surface area is 109 Å². The average molecular weight is 247 g/mol. The van der Waals surface area contributed by atoms with Crippen LogP contribution in [0.3, 0.4) is 0 Å². The van der Waals surface area contributed by atoms with Crippen LogP contribution < -0.4 is 5.32 Å². The summed E-state index contributed by atoms with van der Waals surface area (Å²) in [5.41, 5.74) is 1.21. The van der Waals surface area contributed by atoms with Crippen LogP contribution in [-0.4, -0.2) is 41.0 Å². The fraction of sp³-hybridized carbons (Fsp3) is 0.615. The van der Waals surface area contributed by atoms with Crippen LogP contribution in [0.5, 0.6) is 0 Å². The largest absolute Gasteiger partial charge is 0.353 e. The topological polar surface area (TPSA) is 64.8 Å². The van der Waals surface area contributed by atoms with Crippen LogP contribution in [0.15, 0.2) is 6.07 Å². The van der Waals surface area contributed by atoms with Crippen molar-refractivity contribution in [3.8, 4) is 6.07 Å². The zero-order valence-corrected chi connectivity index (χ0v) is 11.6. The SMILES string of the molecule is CCC(C)N(C)CCNc1nc(C)cc(C#N)n1. The second kappa shape index (κ2) is 6.92. The van der Waals surface area contributed by atoms with Crippen LogP contribution in [-0.2, 0) is 0 Å². The number of rotatable bonds is 6. The highest BCUT2D eigenvalue weighted by atomic mass is 15.2. The van der Waals surface area contributed by atoms with Gasteiger partial charge >= 0.3 is 0 Å². The summed E-state index contributed by atoms with van der Waals surface area (Å²) in [5.74, 6) is 0.532. The third-order valence-electron chi connectivity index (χ3n) is 3.06. The molecule has 0 aromatic carbocycles. The van der Waals surface area contributed by atoms with E-state index in [1.165, 1.54) is 0 Å². The van der Waals surface area contributed by atoms with Gasteiger partial charge in [-0.2, -0.15) is 5.26 Å². The molecule has 0 aliphatic carbocycles. The van der Waals surface area contributed by atoms with E-state index < -0.39 is 0 Å². The van der Waals surface area contributed by atoms with Crippen LogP contribution in [0.25, 0.3) is 0 Å². The molecule has 1 rings (SSSR count). The Morgan fingerprint density at radius 1 is 1.50 bits per heavy atom. The lowest BCUT2D eigenvalue weighted by atomic mass is 10.2. The van der Waals surface area contributed by atoms with Crippen molar-refractivity contribution >= 4 is 5.95 Å². The van der Waals surface area contributed by atoms with Gasteiger partial charge in [0.25, 0.3) is 0 Å². The van der Waals surface area contributed by atoms with Crippen LogP contribution in [0.4, 0.5) is 5.95 Å². The third kappa shape index (κ3) is 4.30.